The molecule has 355 valence electrons. The molecule has 0 spiro atoms. The van der Waals surface area contributed by atoms with Gasteiger partial charge in [0.15, 0.2) is 0 Å². The maximum atomic E-state index is 11.7. The Balaban J connectivity index is -0.00000402. The summed E-state index contributed by atoms with van der Waals surface area (Å²) >= 11 is 0. The number of benzene rings is 2. The van der Waals surface area contributed by atoms with Crippen LogP contribution in [-0.2, 0) is 29.6 Å². The van der Waals surface area contributed by atoms with Crippen molar-refractivity contribution in [2.24, 2.45) is 15.4 Å². The van der Waals surface area contributed by atoms with Gasteiger partial charge in [0.25, 0.3) is 0 Å². The molecule has 1 aliphatic rings. The van der Waals surface area contributed by atoms with Crippen molar-refractivity contribution in [3.63, 3.8) is 0 Å². The zero-order valence-corrected chi connectivity index (χ0v) is 41.8. The molecule has 9 heteroatoms. The molecule has 2 aromatic carbocycles. The van der Waals surface area contributed by atoms with Gasteiger partial charge in [0.1, 0.15) is 11.5 Å². The topological polar surface area (TPSA) is 123 Å². The number of carboxylic acid groups (broad SMARTS) is 2. The average Bonchev–Trinajstić information content (AvgIpc) is 3.78. The molecule has 8 nitrogen and oxygen atoms in total. The third kappa shape index (κ3) is 20.9. The van der Waals surface area contributed by atoms with Gasteiger partial charge in [-0.3, -0.25) is 9.98 Å². The van der Waals surface area contributed by atoms with E-state index >= 15 is 0 Å². The number of carbonyl (C=O) groups is 1. The number of phenolic OH excluding ortho intramolecular Hbond substituents is 2. The maximum absolute atomic E-state index is 11.7. The fourth-order valence-corrected chi connectivity index (χ4v) is 8.82. The Kier molecular flexibility index (Phi) is 34.4. The van der Waals surface area contributed by atoms with Crippen molar-refractivity contribution >= 4 is 18.6 Å². The SMILES string of the molecule is CCCCCC1(CCCCC)C(N=Cc2cc(C)cc(CCCC)c2O)C1N=Cc1cc(C)cc(CCC[N+](CCCC)(CCCC)CCCC)c1O.O=C(O)O.[CH3-].[CH3-].[CH3-].[Co]. The van der Waals surface area contributed by atoms with E-state index in [1.165, 1.54) is 113 Å². The minimum atomic E-state index is -1.83. The van der Waals surface area contributed by atoms with Gasteiger partial charge in [0.05, 0.1) is 38.3 Å². The maximum Gasteiger partial charge on any atom is 0.503 e. The van der Waals surface area contributed by atoms with Crippen LogP contribution in [0.1, 0.15) is 184 Å². The number of nitrogens with zero attached hydrogens (tertiary/aromatic N) is 3. The van der Waals surface area contributed by atoms with Crippen LogP contribution < -0.4 is 0 Å². The van der Waals surface area contributed by atoms with Crippen LogP contribution in [0, 0.1) is 41.5 Å². The second-order valence-corrected chi connectivity index (χ2v) is 17.1. The Bertz CT molecular complexity index is 1490. The number of quaternary nitrogens is 1. The van der Waals surface area contributed by atoms with Crippen LogP contribution >= 0.6 is 0 Å². The molecule has 2 aromatic rings. The van der Waals surface area contributed by atoms with E-state index in [2.05, 4.69) is 79.7 Å². The molecule has 0 bridgehead atoms. The van der Waals surface area contributed by atoms with Crippen LogP contribution in [0.25, 0.3) is 0 Å². The van der Waals surface area contributed by atoms with Gasteiger partial charge >= 0.3 is 6.16 Å². The molecule has 3 rings (SSSR count). The molecule has 0 aliphatic heterocycles. The molecule has 2 atom stereocenters. The molecule has 4 N–H and O–H groups in total. The number of aliphatic imine (C=N–C) groups is 2. The first-order valence-corrected chi connectivity index (χ1v) is 22.9. The summed E-state index contributed by atoms with van der Waals surface area (Å²) in [5.74, 6) is 0.783. The van der Waals surface area contributed by atoms with E-state index in [1.807, 2.05) is 12.4 Å². The normalized spacial score (nSPS) is 15.2. The van der Waals surface area contributed by atoms with Crippen molar-refractivity contribution in [1.29, 1.82) is 0 Å². The smallest absolute Gasteiger partial charge is 0.503 e. The van der Waals surface area contributed by atoms with Crippen molar-refractivity contribution < 1.29 is 46.5 Å². The van der Waals surface area contributed by atoms with Crippen LogP contribution in [0.2, 0.25) is 0 Å². The molecular weight excluding hydrogens is 806 g/mol. The molecule has 2 unspecified atom stereocenters. The molecule has 0 aromatic heterocycles. The molecule has 61 heavy (non-hydrogen) atoms. The number of hydrogen-bond donors (Lipinski definition) is 4. The number of rotatable bonds is 28. The van der Waals surface area contributed by atoms with Gasteiger partial charge in [-0.15, -0.1) is 0 Å². The standard InChI is InChI=1S/C48H79N3O2.CH2O3.3CH3.Co/c1-9-15-21-26-48(27-22-16-10-2)46(49-36-42-34-38(7)32-40(44(42)52)24-17-11-3)47(48)50-37-43-35-39(8)33-41(45(43)53)25-23-31-51(28-18-12-4,29-19-13-5)30-20-14-6;2-1(3)4;;;;/h32-37,46-47H,9-31H2,1-8H3,(H-,49,50,52,53);(H2,2,3,4);3*1H3;/q;;3*-1;/p+1. The number of phenols is 2. The van der Waals surface area contributed by atoms with Crippen molar-refractivity contribution in [3.8, 4) is 11.5 Å². The Morgan fingerprint density at radius 3 is 1.25 bits per heavy atom. The molecule has 0 heterocycles. The minimum absolute atomic E-state index is 0. The van der Waals surface area contributed by atoms with Gasteiger partial charge in [-0.25, -0.2) is 4.79 Å². The number of unbranched alkanes of at least 4 members (excludes halogenated alkanes) is 8. The van der Waals surface area contributed by atoms with Crippen LogP contribution in [0.3, 0.4) is 0 Å². The zero-order valence-electron chi connectivity index (χ0n) is 40.8. The summed E-state index contributed by atoms with van der Waals surface area (Å²) in [5, 5.41) is 36.9. The van der Waals surface area contributed by atoms with Crippen molar-refractivity contribution in [2.75, 3.05) is 26.2 Å². The second-order valence-electron chi connectivity index (χ2n) is 17.1. The summed E-state index contributed by atoms with van der Waals surface area (Å²) < 4.78 is 1.23. The summed E-state index contributed by atoms with van der Waals surface area (Å²) in [6.07, 6.45) is 24.2. The predicted octanol–water partition coefficient (Wildman–Crippen LogP) is 14.2. The molecule has 1 aliphatic carbocycles. The summed E-state index contributed by atoms with van der Waals surface area (Å²) in [6.45, 7) is 23.0. The zero-order chi connectivity index (χ0) is 42.3. The Morgan fingerprint density at radius 2 is 0.902 bits per heavy atom. The third-order valence-electron chi connectivity index (χ3n) is 12.2. The van der Waals surface area contributed by atoms with Gasteiger partial charge in [0.2, 0.25) is 0 Å². The Labute approximate surface area is 386 Å². The Morgan fingerprint density at radius 1 is 0.574 bits per heavy atom. The molecule has 1 saturated carbocycles. The van der Waals surface area contributed by atoms with Gasteiger partial charge in [0, 0.05) is 52.2 Å². The second kappa shape index (κ2) is 33.6. The van der Waals surface area contributed by atoms with Crippen LogP contribution in [0.5, 0.6) is 11.5 Å². The van der Waals surface area contributed by atoms with E-state index in [4.69, 9.17) is 25.0 Å². The quantitative estimate of drug-likeness (QED) is 0.0293. The Hall–Kier alpha value is -2.88. The molecule has 0 amide bonds. The van der Waals surface area contributed by atoms with Crippen LogP contribution in [0.15, 0.2) is 34.3 Å². The summed E-state index contributed by atoms with van der Waals surface area (Å²) in [7, 11) is 0. The average molecular weight is 897 g/mol. The van der Waals surface area contributed by atoms with Gasteiger partial charge in [-0.2, -0.15) is 0 Å². The number of aromatic hydroxyl groups is 2. The summed E-state index contributed by atoms with van der Waals surface area (Å²) in [5.41, 5.74) is 6.11. The van der Waals surface area contributed by atoms with Crippen molar-refractivity contribution in [1.82, 2.24) is 0 Å². The summed E-state index contributed by atoms with van der Waals surface area (Å²) in [4.78, 5) is 19.1. The van der Waals surface area contributed by atoms with E-state index in [-0.39, 0.29) is 56.6 Å². The van der Waals surface area contributed by atoms with E-state index in [9.17, 15) is 10.2 Å². The molecular formula is C52H91CoN3O5-2. The van der Waals surface area contributed by atoms with E-state index in [0.717, 1.165) is 72.8 Å². The number of hydrogen-bond acceptors (Lipinski definition) is 5. The fourth-order valence-electron chi connectivity index (χ4n) is 8.82. The monoisotopic (exact) mass is 897 g/mol. The first kappa shape index (κ1) is 62.4. The predicted molar refractivity (Wildman–Crippen MR) is 260 cm³/mol. The number of aryl methyl sites for hydroxylation is 4. The van der Waals surface area contributed by atoms with Gasteiger partial charge < -0.3 is 47.2 Å². The van der Waals surface area contributed by atoms with E-state index < -0.39 is 6.16 Å². The summed E-state index contributed by atoms with van der Waals surface area (Å²) in [6, 6.07) is 8.64. The van der Waals surface area contributed by atoms with E-state index in [0.29, 0.717) is 11.5 Å². The first-order valence-electron chi connectivity index (χ1n) is 22.9. The third-order valence-corrected chi connectivity index (χ3v) is 12.2. The van der Waals surface area contributed by atoms with Crippen molar-refractivity contribution in [2.45, 2.75) is 189 Å². The largest absolute Gasteiger partial charge is 0.507 e. The van der Waals surface area contributed by atoms with Crippen molar-refractivity contribution in [3.05, 3.63) is 79.9 Å². The fraction of sp³-hybridized carbons (Fsp3) is 0.654. The van der Waals surface area contributed by atoms with Crippen LogP contribution in [0.4, 0.5) is 4.79 Å². The van der Waals surface area contributed by atoms with Gasteiger partial charge in [-0.1, -0.05) is 118 Å². The molecule has 0 saturated heterocycles. The molecule has 1 radical (unpaired) electrons. The van der Waals surface area contributed by atoms with Gasteiger partial charge in [-0.05, 0) is 99.6 Å². The van der Waals surface area contributed by atoms with E-state index in [1.54, 1.807) is 0 Å². The first-order chi connectivity index (χ1) is 27.4. The van der Waals surface area contributed by atoms with Crippen LogP contribution in [-0.4, -0.2) is 81.8 Å². The minimum Gasteiger partial charge on any atom is -0.507 e. The molecule has 1 fully saturated rings.